The molecule has 0 bridgehead atoms. The van der Waals surface area contributed by atoms with Crippen LogP contribution < -0.4 is 15.8 Å². The third-order valence-corrected chi connectivity index (χ3v) is 9.19. The van der Waals surface area contributed by atoms with Crippen molar-refractivity contribution in [3.8, 4) is 11.5 Å². The van der Waals surface area contributed by atoms with Crippen LogP contribution in [-0.2, 0) is 20.2 Å². The number of nitrogen functional groups attached to an aromatic ring is 1. The Kier molecular flexibility index (Phi) is 13.9. The zero-order chi connectivity index (χ0) is 36.5. The molecule has 5 aromatic rings. The van der Waals surface area contributed by atoms with Crippen molar-refractivity contribution in [2.45, 2.75) is 30.6 Å². The molecule has 260 valence electrons. The number of benzene rings is 5. The Balaban J connectivity index is 0.00000364. The molecule has 0 aliphatic carbocycles. The third-order valence-electron chi connectivity index (χ3n) is 7.46. The van der Waals surface area contributed by atoms with Crippen molar-refractivity contribution in [2.75, 3.05) is 18.2 Å². The van der Waals surface area contributed by atoms with Gasteiger partial charge in [-0.2, -0.15) is 21.9 Å². The number of carbonyl (C=O) groups excluding carboxylic acids is 1. The topological polar surface area (TPSA) is 243 Å². The van der Waals surface area contributed by atoms with Gasteiger partial charge < -0.3 is 20.9 Å². The Morgan fingerprint density at radius 2 is 1.33 bits per heavy atom. The van der Waals surface area contributed by atoms with E-state index in [4.69, 9.17) is 10.5 Å². The first-order chi connectivity index (χ1) is 23.5. The van der Waals surface area contributed by atoms with E-state index in [0.29, 0.717) is 27.9 Å². The maximum Gasteiger partial charge on any atom is 0.296 e. The molecule has 0 fully saturated rings. The number of anilines is 2. The Hall–Kier alpha value is -3.75. The number of ether oxygens (including phenoxy) is 1. The summed E-state index contributed by atoms with van der Waals surface area (Å²) in [7, 11) is -8.23. The molecule has 0 unspecified atom stereocenters. The first kappa shape index (κ1) is 42.7. The van der Waals surface area contributed by atoms with Crippen molar-refractivity contribution < 1.29 is 40.6 Å². The Morgan fingerprint density at radius 3 is 1.94 bits per heavy atom. The number of rotatable bonds is 9. The van der Waals surface area contributed by atoms with E-state index >= 15 is 0 Å². The number of hydrogen-bond acceptors (Lipinski definition) is 12. The summed E-state index contributed by atoms with van der Waals surface area (Å²) in [5.74, 6) is -0.975. The fraction of sp³-hybridized carbons (Fsp3) is 0.121. The van der Waals surface area contributed by atoms with Gasteiger partial charge in [0.15, 0.2) is 5.75 Å². The number of methoxy groups -OCH3 is 1. The number of carbonyl (C=O) groups is 1. The second-order valence-electron chi connectivity index (χ2n) is 11.2. The van der Waals surface area contributed by atoms with E-state index in [1.165, 1.54) is 55.6 Å². The van der Waals surface area contributed by atoms with Gasteiger partial charge in [-0.05, 0) is 104 Å². The van der Waals surface area contributed by atoms with Gasteiger partial charge in [0.1, 0.15) is 32.6 Å². The summed E-state index contributed by atoms with van der Waals surface area (Å²) >= 11 is 0. The molecule has 0 aliphatic heterocycles. The number of aromatic hydroxyl groups is 1. The van der Waals surface area contributed by atoms with Crippen LogP contribution in [0.5, 0.6) is 11.5 Å². The minimum Gasteiger partial charge on any atom is -0.505 e. The monoisotopic (exact) mass is 764 g/mol. The third kappa shape index (κ3) is 9.61. The minimum atomic E-state index is -4.95. The van der Waals surface area contributed by atoms with Gasteiger partial charge in [0.05, 0.1) is 12.8 Å². The van der Waals surface area contributed by atoms with Gasteiger partial charge in [-0.25, -0.2) is 0 Å². The number of nitrogens with one attached hydrogen (secondary N) is 1. The standard InChI is InChI=1S/C33H30N6O9S2.2Na/c1-17-11-19(3)30(28(12-17)49(42,43)44)38-36-25-16-27(48-4)26(13-18(25)2)37-39-31-29(50(45,46)47)15-21-14-23(9-10-24(21)32(31)40)35-33(41)20-5-7-22(34)8-6-20;;/h5-16,40H,34H2,1-4H3,(H,35,41)(H,42,43,44)(H,45,46,47);;. The van der Waals surface area contributed by atoms with Gasteiger partial charge in [0, 0.05) is 87.5 Å². The van der Waals surface area contributed by atoms with E-state index in [1.807, 2.05) is 0 Å². The van der Waals surface area contributed by atoms with Crippen molar-refractivity contribution in [2.24, 2.45) is 20.5 Å². The van der Waals surface area contributed by atoms with Gasteiger partial charge in [0.2, 0.25) is 0 Å². The van der Waals surface area contributed by atoms with Crippen molar-refractivity contribution in [3.05, 3.63) is 95.1 Å². The first-order valence-corrected chi connectivity index (χ1v) is 17.4. The summed E-state index contributed by atoms with van der Waals surface area (Å²) in [6.45, 7) is 4.93. The van der Waals surface area contributed by atoms with Gasteiger partial charge in [-0.15, -0.1) is 15.3 Å². The number of phenols is 1. The molecule has 0 atom stereocenters. The summed E-state index contributed by atoms with van der Waals surface area (Å²) in [5, 5.41) is 30.4. The second kappa shape index (κ2) is 16.9. The maximum atomic E-state index is 12.7. The summed E-state index contributed by atoms with van der Waals surface area (Å²) < 4.78 is 74.0. The Labute approximate surface area is 343 Å². The van der Waals surface area contributed by atoms with E-state index in [-0.39, 0.29) is 98.4 Å². The van der Waals surface area contributed by atoms with E-state index in [9.17, 15) is 35.8 Å². The number of fused-ring (bicyclic) bond motifs is 1. The molecule has 0 heterocycles. The average Bonchev–Trinajstić information content (AvgIpc) is 3.03. The van der Waals surface area contributed by atoms with Crippen molar-refractivity contribution in [3.63, 3.8) is 0 Å². The number of nitrogens with zero attached hydrogens (tertiary/aromatic N) is 4. The van der Waals surface area contributed by atoms with Crippen LogP contribution in [0.2, 0.25) is 0 Å². The molecular weight excluding hydrogens is 735 g/mol. The molecule has 52 heavy (non-hydrogen) atoms. The Bertz CT molecular complexity index is 2480. The number of aryl methyl sites for hydroxylation is 3. The van der Waals surface area contributed by atoms with Gasteiger partial charge in [-0.1, -0.05) is 6.07 Å². The van der Waals surface area contributed by atoms with Crippen molar-refractivity contribution in [1.82, 2.24) is 0 Å². The zero-order valence-electron chi connectivity index (χ0n) is 28.9. The Morgan fingerprint density at radius 1 is 0.731 bits per heavy atom. The van der Waals surface area contributed by atoms with Crippen LogP contribution in [0.3, 0.4) is 0 Å². The predicted octanol–water partition coefficient (Wildman–Crippen LogP) is 6.88. The fourth-order valence-corrected chi connectivity index (χ4v) is 6.46. The molecule has 15 nitrogen and oxygen atoms in total. The average molecular weight is 765 g/mol. The normalized spacial score (nSPS) is 11.7. The smallest absolute Gasteiger partial charge is 0.296 e. The summed E-state index contributed by atoms with van der Waals surface area (Å²) in [5.41, 5.74) is 7.99. The molecule has 0 aromatic heterocycles. The number of phenolic OH excluding ortho intramolecular Hbond substituents is 1. The SMILES string of the molecule is COc1cc(N=Nc2c(C)cc(C)cc2S(=O)(=O)O)c(C)cc1N=Nc1c(S(=O)(=O)O)cc2cc(NC(=O)c3ccc(N)cc3)ccc2c1O.[Na].[Na]. The molecule has 0 saturated carbocycles. The minimum absolute atomic E-state index is 0. The van der Waals surface area contributed by atoms with Crippen LogP contribution in [0.15, 0.2) is 103 Å². The van der Waals surface area contributed by atoms with Crippen LogP contribution in [0.1, 0.15) is 27.0 Å². The van der Waals surface area contributed by atoms with Crippen LogP contribution in [-0.4, -0.2) is 103 Å². The van der Waals surface area contributed by atoms with Crippen LogP contribution in [0.25, 0.3) is 10.8 Å². The number of nitrogens with two attached hydrogens (primary N) is 1. The molecular formula is C33H30N6Na2O9S2. The van der Waals surface area contributed by atoms with E-state index < -0.39 is 47.4 Å². The number of azo groups is 2. The molecule has 0 aliphatic rings. The maximum absolute atomic E-state index is 12.7. The molecule has 6 N–H and O–H groups in total. The molecule has 5 aromatic carbocycles. The van der Waals surface area contributed by atoms with Crippen molar-refractivity contribution >= 4 is 130 Å². The van der Waals surface area contributed by atoms with Crippen molar-refractivity contribution in [1.29, 1.82) is 0 Å². The zero-order valence-corrected chi connectivity index (χ0v) is 34.5. The molecule has 5 rings (SSSR count). The van der Waals surface area contributed by atoms with Gasteiger partial charge >= 0.3 is 0 Å². The summed E-state index contributed by atoms with van der Waals surface area (Å²) in [6.07, 6.45) is 0. The van der Waals surface area contributed by atoms with Crippen LogP contribution in [0, 0.1) is 20.8 Å². The van der Waals surface area contributed by atoms with Crippen LogP contribution in [0.4, 0.5) is 34.1 Å². The van der Waals surface area contributed by atoms with E-state index in [0.717, 1.165) is 6.07 Å². The molecule has 19 heteroatoms. The fourth-order valence-electron chi connectivity index (χ4n) is 5.03. The van der Waals surface area contributed by atoms with Crippen LogP contribution >= 0.6 is 0 Å². The summed E-state index contributed by atoms with van der Waals surface area (Å²) in [6, 6.07) is 17.5. The largest absolute Gasteiger partial charge is 0.505 e. The summed E-state index contributed by atoms with van der Waals surface area (Å²) in [4.78, 5) is 11.5. The second-order valence-corrected chi connectivity index (χ2v) is 14.0. The number of hydrogen-bond donors (Lipinski definition) is 5. The molecule has 2 radical (unpaired) electrons. The molecule has 1 amide bonds. The first-order valence-electron chi connectivity index (χ1n) is 14.5. The van der Waals surface area contributed by atoms with Gasteiger partial charge in [0.25, 0.3) is 26.1 Å². The quantitative estimate of drug-likeness (QED) is 0.0451. The number of amides is 1. The van der Waals surface area contributed by atoms with E-state index in [2.05, 4.69) is 25.8 Å². The molecule has 0 saturated heterocycles. The molecule has 0 spiro atoms. The predicted molar refractivity (Wildman–Crippen MR) is 198 cm³/mol. The van der Waals surface area contributed by atoms with E-state index in [1.54, 1.807) is 39.0 Å². The van der Waals surface area contributed by atoms with Gasteiger partial charge in [-0.3, -0.25) is 13.9 Å².